The second-order valence-corrected chi connectivity index (χ2v) is 5.08. The van der Waals surface area contributed by atoms with Crippen molar-refractivity contribution >= 4 is 16.9 Å². The van der Waals surface area contributed by atoms with Gasteiger partial charge in [-0.15, -0.1) is 0 Å². The van der Waals surface area contributed by atoms with Gasteiger partial charge in [0.05, 0.1) is 5.52 Å². The van der Waals surface area contributed by atoms with Gasteiger partial charge in [-0.05, 0) is 30.7 Å². The minimum atomic E-state index is 0.264. The smallest absolute Gasteiger partial charge is 0.223 e. The van der Waals surface area contributed by atoms with Crippen molar-refractivity contribution in [3.63, 3.8) is 0 Å². The fraction of sp³-hybridized carbons (Fsp3) is 0.429. The van der Waals surface area contributed by atoms with Crippen molar-refractivity contribution in [1.82, 2.24) is 9.97 Å². The van der Waals surface area contributed by atoms with Crippen molar-refractivity contribution in [3.8, 4) is 0 Å². The Morgan fingerprint density at radius 3 is 2.89 bits per heavy atom. The number of hydrogen-bond acceptors (Lipinski definition) is 4. The van der Waals surface area contributed by atoms with Crippen molar-refractivity contribution in [1.29, 1.82) is 0 Å². The van der Waals surface area contributed by atoms with Gasteiger partial charge in [-0.2, -0.15) is 0 Å². The van der Waals surface area contributed by atoms with Crippen LogP contribution in [0, 0.1) is 5.41 Å². The molecule has 0 spiro atoms. The van der Waals surface area contributed by atoms with Crippen LogP contribution in [-0.2, 0) is 0 Å². The maximum atomic E-state index is 9.02. The van der Waals surface area contributed by atoms with Crippen LogP contribution in [-0.4, -0.2) is 28.2 Å². The summed E-state index contributed by atoms with van der Waals surface area (Å²) in [4.78, 5) is 8.79. The number of hydrogen-bond donors (Lipinski definition) is 2. The first-order chi connectivity index (χ1) is 8.81. The number of nitrogens with zero attached hydrogens (tertiary/aromatic N) is 2. The average Bonchev–Trinajstić information content (AvgIpc) is 3.17. The summed E-state index contributed by atoms with van der Waals surface area (Å²) in [6, 6.07) is 7.96. The van der Waals surface area contributed by atoms with Crippen LogP contribution in [0.2, 0.25) is 0 Å². The molecule has 1 fully saturated rings. The molecule has 4 heteroatoms. The third-order valence-electron chi connectivity index (χ3n) is 3.71. The van der Waals surface area contributed by atoms with Crippen LogP contribution in [0.1, 0.15) is 19.3 Å². The van der Waals surface area contributed by atoms with Crippen LogP contribution in [0.15, 0.2) is 30.5 Å². The number of aliphatic hydroxyl groups excluding tert-OH is 1. The Balaban J connectivity index is 1.71. The van der Waals surface area contributed by atoms with E-state index in [2.05, 4.69) is 15.3 Å². The monoisotopic (exact) mass is 243 g/mol. The maximum absolute atomic E-state index is 9.02. The van der Waals surface area contributed by atoms with Crippen molar-refractivity contribution in [3.05, 3.63) is 30.5 Å². The molecule has 0 saturated heterocycles. The van der Waals surface area contributed by atoms with E-state index in [9.17, 15) is 0 Å². The number of para-hydroxylation sites is 1. The largest absolute Gasteiger partial charge is 0.396 e. The Morgan fingerprint density at radius 2 is 2.11 bits per heavy atom. The molecule has 1 aliphatic rings. The molecular formula is C14H17N3O. The van der Waals surface area contributed by atoms with E-state index in [-0.39, 0.29) is 12.0 Å². The van der Waals surface area contributed by atoms with Crippen LogP contribution in [0.3, 0.4) is 0 Å². The van der Waals surface area contributed by atoms with Gasteiger partial charge < -0.3 is 10.4 Å². The van der Waals surface area contributed by atoms with Gasteiger partial charge in [0, 0.05) is 24.7 Å². The SMILES string of the molecule is OCCC1(CNc2ncc3ccccc3n2)CC1. The van der Waals surface area contributed by atoms with E-state index < -0.39 is 0 Å². The minimum Gasteiger partial charge on any atom is -0.396 e. The molecule has 1 saturated carbocycles. The molecule has 0 atom stereocenters. The fourth-order valence-corrected chi connectivity index (χ4v) is 2.25. The molecular weight excluding hydrogens is 226 g/mol. The van der Waals surface area contributed by atoms with Crippen LogP contribution in [0.5, 0.6) is 0 Å². The number of rotatable bonds is 5. The summed E-state index contributed by atoms with van der Waals surface area (Å²) in [5.41, 5.74) is 1.24. The highest BCUT2D eigenvalue weighted by Crippen LogP contribution is 2.48. The molecule has 18 heavy (non-hydrogen) atoms. The van der Waals surface area contributed by atoms with Gasteiger partial charge in [0.2, 0.25) is 5.95 Å². The van der Waals surface area contributed by atoms with Gasteiger partial charge in [0.25, 0.3) is 0 Å². The Labute approximate surface area is 106 Å². The Morgan fingerprint density at radius 1 is 1.28 bits per heavy atom. The summed E-state index contributed by atoms with van der Waals surface area (Å²) in [7, 11) is 0. The van der Waals surface area contributed by atoms with Crippen LogP contribution in [0.4, 0.5) is 5.95 Å². The minimum absolute atomic E-state index is 0.264. The molecule has 0 radical (unpaired) electrons. The van der Waals surface area contributed by atoms with Gasteiger partial charge in [-0.3, -0.25) is 0 Å². The second kappa shape index (κ2) is 4.53. The molecule has 2 aromatic rings. The van der Waals surface area contributed by atoms with Crippen LogP contribution >= 0.6 is 0 Å². The van der Waals surface area contributed by atoms with Crippen molar-refractivity contribution in [2.45, 2.75) is 19.3 Å². The lowest BCUT2D eigenvalue weighted by Crippen LogP contribution is -2.18. The van der Waals surface area contributed by atoms with E-state index in [0.717, 1.165) is 23.9 Å². The molecule has 1 aromatic carbocycles. The quantitative estimate of drug-likeness (QED) is 0.845. The lowest BCUT2D eigenvalue weighted by atomic mass is 10.0. The third-order valence-corrected chi connectivity index (χ3v) is 3.71. The molecule has 4 nitrogen and oxygen atoms in total. The first kappa shape index (κ1) is 11.4. The molecule has 0 aliphatic heterocycles. The fourth-order valence-electron chi connectivity index (χ4n) is 2.25. The number of nitrogens with one attached hydrogen (secondary N) is 1. The van der Waals surface area contributed by atoms with E-state index in [1.165, 1.54) is 12.8 Å². The highest BCUT2D eigenvalue weighted by Gasteiger charge is 2.41. The number of anilines is 1. The van der Waals surface area contributed by atoms with Crippen molar-refractivity contribution in [2.24, 2.45) is 5.41 Å². The Hall–Kier alpha value is -1.68. The average molecular weight is 243 g/mol. The molecule has 0 unspecified atom stereocenters. The summed E-state index contributed by atoms with van der Waals surface area (Å²) >= 11 is 0. The van der Waals surface area contributed by atoms with Gasteiger partial charge >= 0.3 is 0 Å². The van der Waals surface area contributed by atoms with Crippen LogP contribution < -0.4 is 5.32 Å². The first-order valence-electron chi connectivity index (χ1n) is 6.38. The number of benzene rings is 1. The molecule has 1 heterocycles. The Kier molecular flexibility index (Phi) is 2.88. The molecule has 2 N–H and O–H groups in total. The van der Waals surface area contributed by atoms with Gasteiger partial charge in [0.15, 0.2) is 0 Å². The zero-order valence-electron chi connectivity index (χ0n) is 10.3. The van der Waals surface area contributed by atoms with Crippen molar-refractivity contribution in [2.75, 3.05) is 18.5 Å². The van der Waals surface area contributed by atoms with E-state index in [0.29, 0.717) is 5.95 Å². The lowest BCUT2D eigenvalue weighted by Gasteiger charge is -2.14. The van der Waals surface area contributed by atoms with Crippen molar-refractivity contribution < 1.29 is 5.11 Å². The van der Waals surface area contributed by atoms with Gasteiger partial charge in [0.1, 0.15) is 0 Å². The van der Waals surface area contributed by atoms with E-state index in [1.54, 1.807) is 0 Å². The molecule has 1 aliphatic carbocycles. The molecule has 1 aromatic heterocycles. The van der Waals surface area contributed by atoms with Crippen LogP contribution in [0.25, 0.3) is 10.9 Å². The normalized spacial score (nSPS) is 16.7. The summed E-state index contributed by atoms with van der Waals surface area (Å²) in [6.07, 6.45) is 5.09. The highest BCUT2D eigenvalue weighted by atomic mass is 16.3. The van der Waals surface area contributed by atoms with E-state index in [1.807, 2.05) is 30.5 Å². The number of aliphatic hydroxyl groups is 1. The maximum Gasteiger partial charge on any atom is 0.223 e. The number of fused-ring (bicyclic) bond motifs is 1. The highest BCUT2D eigenvalue weighted by molar-refractivity contribution is 5.78. The second-order valence-electron chi connectivity index (χ2n) is 5.08. The lowest BCUT2D eigenvalue weighted by molar-refractivity contribution is 0.253. The predicted molar refractivity (Wildman–Crippen MR) is 71.4 cm³/mol. The molecule has 0 bridgehead atoms. The van der Waals surface area contributed by atoms with E-state index in [4.69, 9.17) is 5.11 Å². The molecule has 0 amide bonds. The third kappa shape index (κ3) is 2.29. The topological polar surface area (TPSA) is 58.0 Å². The van der Waals surface area contributed by atoms with Gasteiger partial charge in [-0.1, -0.05) is 18.2 Å². The number of aromatic nitrogens is 2. The Bertz CT molecular complexity index is 551. The molecule has 3 rings (SSSR count). The zero-order chi connectivity index (χ0) is 12.4. The van der Waals surface area contributed by atoms with E-state index >= 15 is 0 Å². The summed E-state index contributed by atoms with van der Waals surface area (Å²) < 4.78 is 0. The molecule has 94 valence electrons. The standard InChI is InChI=1S/C14H17N3O/c18-8-7-14(5-6-14)10-16-13-15-9-11-3-1-2-4-12(11)17-13/h1-4,9,18H,5-8,10H2,(H,15,16,17). The summed E-state index contributed by atoms with van der Waals surface area (Å²) in [5, 5.41) is 13.4. The van der Waals surface area contributed by atoms with Gasteiger partial charge in [-0.25, -0.2) is 9.97 Å². The summed E-state index contributed by atoms with van der Waals surface area (Å²) in [6.45, 7) is 1.12. The first-order valence-corrected chi connectivity index (χ1v) is 6.38. The predicted octanol–water partition coefficient (Wildman–Crippen LogP) is 2.20. The zero-order valence-corrected chi connectivity index (χ0v) is 10.3. The summed E-state index contributed by atoms with van der Waals surface area (Å²) in [5.74, 6) is 0.679.